The quantitative estimate of drug-likeness (QED) is 0.549. The molecule has 0 aliphatic heterocycles. The van der Waals surface area contributed by atoms with E-state index in [1.54, 1.807) is 26.2 Å². The summed E-state index contributed by atoms with van der Waals surface area (Å²) >= 11 is 0. The number of carbonyl (C=O) groups is 1. The van der Waals surface area contributed by atoms with Crippen LogP contribution in [-0.4, -0.2) is 53.8 Å². The maximum absolute atomic E-state index is 13.0. The van der Waals surface area contributed by atoms with Crippen molar-refractivity contribution in [2.24, 2.45) is 0 Å². The van der Waals surface area contributed by atoms with E-state index < -0.39 is 5.56 Å². The third-order valence-corrected chi connectivity index (χ3v) is 5.07. The first-order chi connectivity index (χ1) is 15.4. The number of nitrogens with one attached hydrogen (secondary N) is 1. The van der Waals surface area contributed by atoms with Crippen LogP contribution in [0.15, 0.2) is 47.3 Å². The Hall–Kier alpha value is -3.75. The van der Waals surface area contributed by atoms with Crippen molar-refractivity contribution in [2.75, 3.05) is 27.8 Å². The van der Waals surface area contributed by atoms with Crippen LogP contribution in [-0.2, 0) is 17.6 Å². The largest absolute Gasteiger partial charge is 0.493 e. The normalized spacial score (nSPS) is 10.6. The number of aromatic nitrogens is 3. The lowest BCUT2D eigenvalue weighted by atomic mass is 10.1. The molecular weight excluding hydrogens is 415 g/mol. The summed E-state index contributed by atoms with van der Waals surface area (Å²) in [5.41, 5.74) is 1.33. The average Bonchev–Trinajstić information content (AvgIpc) is 2.81. The van der Waals surface area contributed by atoms with Gasteiger partial charge in [-0.15, -0.1) is 10.2 Å². The van der Waals surface area contributed by atoms with Crippen LogP contribution in [0.2, 0.25) is 0 Å². The molecule has 0 aliphatic rings. The minimum Gasteiger partial charge on any atom is -0.493 e. The van der Waals surface area contributed by atoms with Crippen molar-refractivity contribution in [3.63, 3.8) is 0 Å². The molecule has 0 atom stereocenters. The summed E-state index contributed by atoms with van der Waals surface area (Å²) in [6.45, 7) is 0.514. The van der Waals surface area contributed by atoms with E-state index in [2.05, 4.69) is 15.2 Å². The van der Waals surface area contributed by atoms with E-state index in [1.807, 2.05) is 18.2 Å². The van der Waals surface area contributed by atoms with Crippen molar-refractivity contribution in [1.29, 1.82) is 0 Å². The molecule has 168 valence electrons. The second-order valence-electron chi connectivity index (χ2n) is 7.21. The van der Waals surface area contributed by atoms with Gasteiger partial charge in [0.15, 0.2) is 17.3 Å². The van der Waals surface area contributed by atoms with Gasteiger partial charge in [0.25, 0.3) is 5.56 Å². The Labute approximate surface area is 185 Å². The fourth-order valence-corrected chi connectivity index (χ4v) is 3.14. The number of amides is 1. The lowest BCUT2D eigenvalue weighted by Crippen LogP contribution is -2.30. The molecule has 0 aliphatic carbocycles. The zero-order valence-corrected chi connectivity index (χ0v) is 18.2. The summed E-state index contributed by atoms with van der Waals surface area (Å²) in [5, 5.41) is 7.95. The molecule has 1 amide bonds. The second-order valence-corrected chi connectivity index (χ2v) is 7.21. The van der Waals surface area contributed by atoms with Crippen LogP contribution in [0.3, 0.4) is 0 Å². The number of rotatable bonds is 9. The highest BCUT2D eigenvalue weighted by Crippen LogP contribution is 2.27. The van der Waals surface area contributed by atoms with Crippen LogP contribution in [0.4, 0.5) is 4.39 Å². The molecule has 9 heteroatoms. The lowest BCUT2D eigenvalue weighted by molar-refractivity contribution is -0.129. The van der Waals surface area contributed by atoms with E-state index in [4.69, 9.17) is 9.47 Å². The Bertz CT molecular complexity index is 1130. The number of carbonyl (C=O) groups excluding carboxylic acids is 1. The number of H-pyrrole nitrogens is 1. The van der Waals surface area contributed by atoms with Gasteiger partial charge in [0.2, 0.25) is 5.91 Å². The summed E-state index contributed by atoms with van der Waals surface area (Å²) in [6, 6.07) is 11.2. The zero-order valence-electron chi connectivity index (χ0n) is 18.2. The van der Waals surface area contributed by atoms with Crippen molar-refractivity contribution in [2.45, 2.75) is 19.3 Å². The molecule has 1 heterocycles. The molecular formula is C23H25FN4O4. The predicted molar refractivity (Wildman–Crippen MR) is 117 cm³/mol. The molecule has 0 saturated carbocycles. The van der Waals surface area contributed by atoms with Gasteiger partial charge in [-0.2, -0.15) is 0 Å². The minimum atomic E-state index is -0.417. The fraction of sp³-hybridized carbons (Fsp3) is 0.304. The summed E-state index contributed by atoms with van der Waals surface area (Å²) in [4.78, 5) is 29.0. The summed E-state index contributed by atoms with van der Waals surface area (Å²) in [5.74, 6) is 1.05. The van der Waals surface area contributed by atoms with Crippen LogP contribution in [0.25, 0.3) is 11.4 Å². The maximum atomic E-state index is 13.0. The van der Waals surface area contributed by atoms with Crippen LogP contribution in [0, 0.1) is 5.82 Å². The molecule has 8 nitrogen and oxygen atoms in total. The summed E-state index contributed by atoms with van der Waals surface area (Å²) in [6.07, 6.45) is 0.955. The smallest absolute Gasteiger partial charge is 0.273 e. The molecule has 3 aromatic rings. The van der Waals surface area contributed by atoms with Gasteiger partial charge in [0.05, 0.1) is 14.2 Å². The van der Waals surface area contributed by atoms with Gasteiger partial charge in [-0.05, 0) is 48.4 Å². The Morgan fingerprint density at radius 2 is 1.75 bits per heavy atom. The third kappa shape index (κ3) is 5.69. The molecule has 0 unspecified atom stereocenters. The van der Waals surface area contributed by atoms with Gasteiger partial charge in [-0.25, -0.2) is 4.39 Å². The van der Waals surface area contributed by atoms with Gasteiger partial charge < -0.3 is 19.4 Å². The van der Waals surface area contributed by atoms with Gasteiger partial charge in [0, 0.05) is 32.0 Å². The number of benzene rings is 2. The van der Waals surface area contributed by atoms with Crippen molar-refractivity contribution in [3.05, 3.63) is 69.9 Å². The van der Waals surface area contributed by atoms with E-state index in [0.717, 1.165) is 5.56 Å². The second kappa shape index (κ2) is 10.5. The lowest BCUT2D eigenvalue weighted by Gasteiger charge is -2.17. The Balaban J connectivity index is 1.54. The fourth-order valence-electron chi connectivity index (χ4n) is 3.14. The molecule has 1 aromatic heterocycles. The molecule has 0 saturated heterocycles. The van der Waals surface area contributed by atoms with Crippen LogP contribution in [0.5, 0.6) is 11.5 Å². The topological polar surface area (TPSA) is 97.4 Å². The number of likely N-dealkylation sites (N-methyl/N-ethyl adjacent to an activating group) is 1. The van der Waals surface area contributed by atoms with E-state index in [-0.39, 0.29) is 36.1 Å². The molecule has 0 spiro atoms. The Morgan fingerprint density at radius 3 is 2.41 bits per heavy atom. The number of hydrogen-bond donors (Lipinski definition) is 1. The first-order valence-electron chi connectivity index (χ1n) is 10.1. The van der Waals surface area contributed by atoms with E-state index in [0.29, 0.717) is 30.0 Å². The zero-order chi connectivity index (χ0) is 23.1. The van der Waals surface area contributed by atoms with Crippen molar-refractivity contribution in [3.8, 4) is 22.9 Å². The average molecular weight is 440 g/mol. The number of hydrogen-bond acceptors (Lipinski definition) is 6. The number of aromatic amines is 1. The molecule has 1 N–H and O–H groups in total. The molecule has 0 bridgehead atoms. The van der Waals surface area contributed by atoms with E-state index >= 15 is 0 Å². The van der Waals surface area contributed by atoms with Crippen molar-refractivity contribution in [1.82, 2.24) is 20.1 Å². The summed E-state index contributed by atoms with van der Waals surface area (Å²) in [7, 11) is 4.88. The van der Waals surface area contributed by atoms with Crippen LogP contribution < -0.4 is 15.0 Å². The third-order valence-electron chi connectivity index (χ3n) is 5.07. The van der Waals surface area contributed by atoms with Crippen molar-refractivity contribution >= 4 is 5.91 Å². The standard InChI is InChI=1S/C23H25FN4O4/c1-28(13-12-15-4-10-19(31-2)20(14-15)32-3)21(29)11-9-18-23(30)25-22(27-26-18)16-5-7-17(24)8-6-16/h4-8,10,14H,9,11-13H2,1-3H3,(H,25,27,30). The predicted octanol–water partition coefficient (Wildman–Crippen LogP) is 2.62. The maximum Gasteiger partial charge on any atom is 0.273 e. The van der Waals surface area contributed by atoms with Gasteiger partial charge in [0.1, 0.15) is 11.5 Å². The van der Waals surface area contributed by atoms with Crippen LogP contribution in [0.1, 0.15) is 17.7 Å². The van der Waals surface area contributed by atoms with Gasteiger partial charge in [-0.1, -0.05) is 6.07 Å². The highest BCUT2D eigenvalue weighted by Gasteiger charge is 2.13. The highest BCUT2D eigenvalue weighted by molar-refractivity contribution is 5.76. The Kier molecular flexibility index (Phi) is 7.54. The molecule has 3 rings (SSSR count). The summed E-state index contributed by atoms with van der Waals surface area (Å²) < 4.78 is 23.6. The first kappa shape index (κ1) is 22.9. The van der Waals surface area contributed by atoms with E-state index in [9.17, 15) is 14.0 Å². The number of nitrogens with zero attached hydrogens (tertiary/aromatic N) is 3. The Morgan fingerprint density at radius 1 is 1.03 bits per heavy atom. The molecule has 0 radical (unpaired) electrons. The number of halogens is 1. The molecule has 2 aromatic carbocycles. The SMILES string of the molecule is COc1ccc(CCN(C)C(=O)CCc2nnc(-c3ccc(F)cc3)[nH]c2=O)cc1OC. The highest BCUT2D eigenvalue weighted by atomic mass is 19.1. The first-order valence-corrected chi connectivity index (χ1v) is 10.1. The molecule has 32 heavy (non-hydrogen) atoms. The number of ether oxygens (including phenoxy) is 2. The monoisotopic (exact) mass is 440 g/mol. The van der Waals surface area contributed by atoms with Gasteiger partial charge >= 0.3 is 0 Å². The molecule has 0 fully saturated rings. The van der Waals surface area contributed by atoms with Crippen LogP contribution >= 0.6 is 0 Å². The minimum absolute atomic E-state index is 0.103. The number of aryl methyl sites for hydroxylation is 1. The van der Waals surface area contributed by atoms with Gasteiger partial charge in [-0.3, -0.25) is 9.59 Å². The number of methoxy groups -OCH3 is 2. The van der Waals surface area contributed by atoms with E-state index in [1.165, 1.54) is 24.3 Å². The van der Waals surface area contributed by atoms with Crippen molar-refractivity contribution < 1.29 is 18.7 Å².